The number of anilines is 1. The topological polar surface area (TPSA) is 52.3 Å². The molecule has 0 aromatic heterocycles. The maximum Gasteiger partial charge on any atom is 0.133 e. The summed E-state index contributed by atoms with van der Waals surface area (Å²) in [6, 6.07) is 34.0. The Hall–Kier alpha value is -3.92. The molecule has 0 unspecified atom stereocenters. The molecule has 4 heteroatoms. The van der Waals surface area contributed by atoms with Crippen molar-refractivity contribution in [2.24, 2.45) is 0 Å². The molecule has 0 spiro atoms. The molecule has 0 atom stereocenters. The number of nitrogens with two attached hydrogens (primary N) is 1. The molecule has 0 aliphatic carbocycles. The summed E-state index contributed by atoms with van der Waals surface area (Å²) in [6.45, 7) is 0.568. The van der Waals surface area contributed by atoms with Gasteiger partial charge >= 0.3 is 0 Å². The fourth-order valence-electron chi connectivity index (χ4n) is 3.29. The largest absolute Gasteiger partial charge is 0.489 e. The third-order valence-electron chi connectivity index (χ3n) is 5.27. The number of Topliss-reactive ketones (excluding diaryl/α,β-unsaturated/α-hetero) is 1. The molecule has 3 nitrogen and oxygen atoms in total. The van der Waals surface area contributed by atoms with Gasteiger partial charge in [-0.15, -0.1) is 0 Å². The van der Waals surface area contributed by atoms with Crippen LogP contribution in [0.15, 0.2) is 109 Å². The highest BCUT2D eigenvalue weighted by Gasteiger charge is 2.04. The lowest BCUT2D eigenvalue weighted by atomic mass is 10.0. The minimum atomic E-state index is -0.251. The summed E-state index contributed by atoms with van der Waals surface area (Å²) in [5, 5.41) is 0. The average Bonchev–Trinajstić information content (AvgIpc) is 2.89. The zero-order valence-corrected chi connectivity index (χ0v) is 19.2. The van der Waals surface area contributed by atoms with Crippen molar-refractivity contribution in [1.29, 1.82) is 0 Å². The maximum atomic E-state index is 12.1. The number of nitrogen functional groups attached to an aromatic ring is 1. The first kappa shape index (κ1) is 24.7. The van der Waals surface area contributed by atoms with Crippen LogP contribution in [0.3, 0.4) is 0 Å². The number of ether oxygens (including phenoxy) is 1. The molecular weight excluding hydrogens is 425 g/mol. The number of hydrogen-bond acceptors (Lipinski definition) is 3. The minimum Gasteiger partial charge on any atom is -0.489 e. The van der Waals surface area contributed by atoms with E-state index >= 15 is 0 Å². The van der Waals surface area contributed by atoms with Gasteiger partial charge in [0.15, 0.2) is 0 Å². The molecule has 0 heterocycles. The Morgan fingerprint density at radius 3 is 1.68 bits per heavy atom. The highest BCUT2D eigenvalue weighted by atomic mass is 19.1. The SMILES string of the molecule is Nc1ccc(F)cc1.O=C(CCc1ccccc1)CCc1ccc(OCc2ccccc2)cc1. The lowest BCUT2D eigenvalue weighted by Crippen LogP contribution is -2.02. The second-order valence-corrected chi connectivity index (χ2v) is 7.99. The summed E-state index contributed by atoms with van der Waals surface area (Å²) in [7, 11) is 0. The van der Waals surface area contributed by atoms with Crippen molar-refractivity contribution in [1.82, 2.24) is 0 Å². The molecule has 2 N–H and O–H groups in total. The number of benzene rings is 4. The van der Waals surface area contributed by atoms with E-state index in [0.717, 1.165) is 24.2 Å². The van der Waals surface area contributed by atoms with E-state index in [4.69, 9.17) is 10.5 Å². The van der Waals surface area contributed by atoms with Crippen LogP contribution >= 0.6 is 0 Å². The standard InChI is InChI=1S/C24H24O2.C6H6FN/c25-23(15-11-20-7-3-1-4-8-20)16-12-21-13-17-24(18-14-21)26-19-22-9-5-2-6-10-22;7-5-1-3-6(8)4-2-5/h1-10,13-14,17-18H,11-12,15-16,19H2;1-4H,8H2. The number of aryl methyl sites for hydroxylation is 2. The van der Waals surface area contributed by atoms with Crippen molar-refractivity contribution in [3.8, 4) is 5.75 Å². The number of carbonyl (C=O) groups is 1. The van der Waals surface area contributed by atoms with Crippen LogP contribution in [0.25, 0.3) is 0 Å². The maximum absolute atomic E-state index is 12.1. The number of hydrogen-bond donors (Lipinski definition) is 1. The molecule has 0 saturated carbocycles. The normalized spacial score (nSPS) is 10.1. The van der Waals surface area contributed by atoms with E-state index in [1.807, 2.05) is 60.7 Å². The van der Waals surface area contributed by atoms with Crippen molar-refractivity contribution >= 4 is 11.5 Å². The van der Waals surface area contributed by atoms with E-state index in [-0.39, 0.29) is 5.82 Å². The molecule has 0 bridgehead atoms. The van der Waals surface area contributed by atoms with E-state index in [9.17, 15) is 9.18 Å². The van der Waals surface area contributed by atoms with E-state index < -0.39 is 0 Å². The molecule has 0 radical (unpaired) electrons. The van der Waals surface area contributed by atoms with E-state index in [1.165, 1.54) is 35.4 Å². The Labute approximate surface area is 201 Å². The molecule has 4 rings (SSSR count). The zero-order chi connectivity index (χ0) is 24.0. The predicted molar refractivity (Wildman–Crippen MR) is 136 cm³/mol. The second-order valence-electron chi connectivity index (χ2n) is 7.99. The Balaban J connectivity index is 0.000000343. The van der Waals surface area contributed by atoms with Crippen molar-refractivity contribution < 1.29 is 13.9 Å². The predicted octanol–water partition coefficient (Wildman–Crippen LogP) is 6.81. The summed E-state index contributed by atoms with van der Waals surface area (Å²) in [6.07, 6.45) is 2.82. The van der Waals surface area contributed by atoms with Crippen LogP contribution in [0.5, 0.6) is 5.75 Å². The van der Waals surface area contributed by atoms with Gasteiger partial charge in [-0.2, -0.15) is 0 Å². The number of rotatable bonds is 9. The smallest absolute Gasteiger partial charge is 0.133 e. The molecule has 0 amide bonds. The first-order chi connectivity index (χ1) is 16.6. The third kappa shape index (κ3) is 9.29. The van der Waals surface area contributed by atoms with Crippen LogP contribution in [-0.4, -0.2) is 5.78 Å². The highest BCUT2D eigenvalue weighted by Crippen LogP contribution is 2.16. The highest BCUT2D eigenvalue weighted by molar-refractivity contribution is 5.78. The monoisotopic (exact) mass is 455 g/mol. The summed E-state index contributed by atoms with van der Waals surface area (Å²) < 4.78 is 17.8. The van der Waals surface area contributed by atoms with Crippen LogP contribution in [0.2, 0.25) is 0 Å². The van der Waals surface area contributed by atoms with E-state index in [0.29, 0.717) is 30.9 Å². The Morgan fingerprint density at radius 1 is 0.647 bits per heavy atom. The lowest BCUT2D eigenvalue weighted by Gasteiger charge is -2.07. The van der Waals surface area contributed by atoms with Gasteiger partial charge < -0.3 is 10.5 Å². The first-order valence-corrected chi connectivity index (χ1v) is 11.4. The number of halogens is 1. The summed E-state index contributed by atoms with van der Waals surface area (Å²) in [4.78, 5) is 12.1. The van der Waals surface area contributed by atoms with Gasteiger partial charge in [-0.25, -0.2) is 4.39 Å². The van der Waals surface area contributed by atoms with Crippen molar-refractivity contribution in [2.45, 2.75) is 32.3 Å². The van der Waals surface area contributed by atoms with Gasteiger partial charge in [0.25, 0.3) is 0 Å². The first-order valence-electron chi connectivity index (χ1n) is 11.4. The molecule has 0 aliphatic heterocycles. The van der Waals surface area contributed by atoms with Crippen LogP contribution in [0.1, 0.15) is 29.5 Å². The van der Waals surface area contributed by atoms with Crippen molar-refractivity contribution in [3.05, 3.63) is 132 Å². The molecular formula is C30H30FNO2. The van der Waals surface area contributed by atoms with E-state index in [1.54, 1.807) is 0 Å². The van der Waals surface area contributed by atoms with Crippen LogP contribution in [0, 0.1) is 5.82 Å². The molecule has 0 fully saturated rings. The molecule has 4 aromatic carbocycles. The molecule has 0 saturated heterocycles. The quantitative estimate of drug-likeness (QED) is 0.282. The van der Waals surface area contributed by atoms with Crippen LogP contribution < -0.4 is 10.5 Å². The van der Waals surface area contributed by atoms with Gasteiger partial charge in [-0.05, 0) is 65.9 Å². The van der Waals surface area contributed by atoms with Crippen LogP contribution in [0.4, 0.5) is 10.1 Å². The van der Waals surface area contributed by atoms with E-state index in [2.05, 4.69) is 24.3 Å². The Bertz CT molecular complexity index is 1090. The van der Waals surface area contributed by atoms with Gasteiger partial charge in [0, 0.05) is 18.5 Å². The van der Waals surface area contributed by atoms with Gasteiger partial charge in [0.2, 0.25) is 0 Å². The fraction of sp³-hybridized carbons (Fsp3) is 0.167. The zero-order valence-electron chi connectivity index (χ0n) is 19.2. The molecule has 174 valence electrons. The summed E-state index contributed by atoms with van der Waals surface area (Å²) >= 11 is 0. The van der Waals surface area contributed by atoms with Crippen molar-refractivity contribution in [2.75, 3.05) is 5.73 Å². The summed E-state index contributed by atoms with van der Waals surface area (Å²) in [5.74, 6) is 0.922. The third-order valence-corrected chi connectivity index (χ3v) is 5.27. The van der Waals surface area contributed by atoms with Gasteiger partial charge in [0.1, 0.15) is 24.0 Å². The fourth-order valence-corrected chi connectivity index (χ4v) is 3.29. The van der Waals surface area contributed by atoms with Crippen LogP contribution in [-0.2, 0) is 24.2 Å². The minimum absolute atomic E-state index is 0.251. The Kier molecular flexibility index (Phi) is 9.88. The number of carbonyl (C=O) groups excluding carboxylic acids is 1. The molecule has 0 aliphatic rings. The molecule has 4 aromatic rings. The summed E-state index contributed by atoms with van der Waals surface area (Å²) in [5.41, 5.74) is 9.40. The van der Waals surface area contributed by atoms with Gasteiger partial charge in [0.05, 0.1) is 0 Å². The lowest BCUT2D eigenvalue weighted by molar-refractivity contribution is -0.119. The van der Waals surface area contributed by atoms with Crippen molar-refractivity contribution in [3.63, 3.8) is 0 Å². The van der Waals surface area contributed by atoms with Gasteiger partial charge in [-0.3, -0.25) is 4.79 Å². The average molecular weight is 456 g/mol. The Morgan fingerprint density at radius 2 is 1.15 bits per heavy atom. The van der Waals surface area contributed by atoms with Gasteiger partial charge in [-0.1, -0.05) is 72.8 Å². The second kappa shape index (κ2) is 13.6. The number of ketones is 1. The molecule has 34 heavy (non-hydrogen) atoms.